The minimum absolute atomic E-state index is 0.172. The molecule has 3 nitrogen and oxygen atoms in total. The van der Waals surface area contributed by atoms with E-state index in [1.807, 2.05) is 5.32 Å². The maximum atomic E-state index is 12.5. The van der Waals surface area contributed by atoms with Gasteiger partial charge in [-0.3, -0.25) is 9.59 Å². The molecular weight excluding hydrogens is 204 g/mol. The molecule has 0 aromatic heterocycles. The van der Waals surface area contributed by atoms with Crippen molar-refractivity contribution in [3.05, 3.63) is 29.8 Å². The first-order valence-electron chi connectivity index (χ1n) is 4.18. The van der Waals surface area contributed by atoms with Gasteiger partial charge in [-0.05, 0) is 12.1 Å². The van der Waals surface area contributed by atoms with Gasteiger partial charge in [0.2, 0.25) is 0 Å². The Morgan fingerprint density at radius 2 is 2.13 bits per heavy atom. The highest BCUT2D eigenvalue weighted by molar-refractivity contribution is 5.96. The first-order chi connectivity index (χ1) is 6.93. The predicted octanol–water partition coefficient (Wildman–Crippen LogP) is 2.09. The molecule has 0 aliphatic rings. The topological polar surface area (TPSA) is 46.2 Å². The van der Waals surface area contributed by atoms with Crippen molar-refractivity contribution in [3.8, 4) is 0 Å². The Bertz CT molecular complexity index is 385. The van der Waals surface area contributed by atoms with Gasteiger partial charge in [-0.2, -0.15) is 8.78 Å². The molecule has 0 radical (unpaired) electrons. The molecule has 15 heavy (non-hydrogen) atoms. The monoisotopic (exact) mass is 213 g/mol. The summed E-state index contributed by atoms with van der Waals surface area (Å²) in [5.74, 6) is -4.83. The van der Waals surface area contributed by atoms with Gasteiger partial charge in [-0.1, -0.05) is 12.1 Å². The van der Waals surface area contributed by atoms with Crippen LogP contribution in [0.2, 0.25) is 0 Å². The van der Waals surface area contributed by atoms with Crippen molar-refractivity contribution >= 4 is 17.9 Å². The molecule has 0 atom stereocenters. The first kappa shape index (κ1) is 11.3. The van der Waals surface area contributed by atoms with E-state index in [1.165, 1.54) is 24.3 Å². The second kappa shape index (κ2) is 4.16. The minimum atomic E-state index is -3.43. The average Bonchev–Trinajstić information content (AvgIpc) is 2.16. The second-order valence-electron chi connectivity index (χ2n) is 3.09. The maximum absolute atomic E-state index is 12.5. The fraction of sp³-hybridized carbons (Fsp3) is 0.200. The van der Waals surface area contributed by atoms with Gasteiger partial charge in [-0.25, -0.2) is 0 Å². The molecule has 1 aromatic rings. The number of aldehydes is 1. The number of rotatable bonds is 3. The molecule has 1 amide bonds. The smallest absolute Gasteiger partial charge is 0.321 e. The maximum Gasteiger partial charge on any atom is 0.322 e. The summed E-state index contributed by atoms with van der Waals surface area (Å²) in [6.45, 7) is 0.506. The van der Waals surface area contributed by atoms with Gasteiger partial charge in [-0.15, -0.1) is 0 Å². The third-order valence-corrected chi connectivity index (χ3v) is 1.68. The number of anilines is 1. The van der Waals surface area contributed by atoms with Gasteiger partial charge >= 0.3 is 5.92 Å². The van der Waals surface area contributed by atoms with E-state index in [9.17, 15) is 18.4 Å². The van der Waals surface area contributed by atoms with Crippen LogP contribution in [0.3, 0.4) is 0 Å². The molecule has 80 valence electrons. The molecule has 1 N–H and O–H groups in total. The van der Waals surface area contributed by atoms with Crippen LogP contribution in [-0.4, -0.2) is 18.1 Å². The van der Waals surface area contributed by atoms with E-state index < -0.39 is 11.8 Å². The summed E-state index contributed by atoms with van der Waals surface area (Å²) in [5, 5.41) is 2.01. The van der Waals surface area contributed by atoms with Gasteiger partial charge < -0.3 is 5.32 Å². The van der Waals surface area contributed by atoms with Crippen LogP contribution in [0.25, 0.3) is 0 Å². The van der Waals surface area contributed by atoms with Crippen LogP contribution in [0.1, 0.15) is 17.3 Å². The number of carbonyl (C=O) groups excluding carboxylic acids is 2. The molecule has 0 fully saturated rings. The minimum Gasteiger partial charge on any atom is -0.321 e. The number of carbonyl (C=O) groups is 2. The third kappa shape index (κ3) is 3.12. The molecular formula is C10H9F2NO2. The zero-order valence-corrected chi connectivity index (χ0v) is 7.96. The molecule has 1 rings (SSSR count). The highest BCUT2D eigenvalue weighted by Gasteiger charge is 2.32. The summed E-state index contributed by atoms with van der Waals surface area (Å²) in [6, 6.07) is 5.74. The van der Waals surface area contributed by atoms with Crippen LogP contribution in [-0.2, 0) is 4.79 Å². The number of hydrogen-bond acceptors (Lipinski definition) is 2. The quantitative estimate of drug-likeness (QED) is 0.781. The Kier molecular flexibility index (Phi) is 3.14. The summed E-state index contributed by atoms with van der Waals surface area (Å²) in [7, 11) is 0. The summed E-state index contributed by atoms with van der Waals surface area (Å²) in [4.78, 5) is 21.3. The highest BCUT2D eigenvalue weighted by atomic mass is 19.3. The Morgan fingerprint density at radius 1 is 1.47 bits per heavy atom. The van der Waals surface area contributed by atoms with E-state index in [2.05, 4.69) is 0 Å². The van der Waals surface area contributed by atoms with Crippen molar-refractivity contribution in [2.75, 3.05) is 5.32 Å². The Hall–Kier alpha value is -1.78. The van der Waals surface area contributed by atoms with Crippen LogP contribution in [0, 0.1) is 0 Å². The van der Waals surface area contributed by atoms with Crippen LogP contribution < -0.4 is 5.32 Å². The number of alkyl halides is 2. The summed E-state index contributed by atoms with van der Waals surface area (Å²) < 4.78 is 25.0. The van der Waals surface area contributed by atoms with E-state index >= 15 is 0 Å². The largest absolute Gasteiger partial charge is 0.322 e. The molecule has 0 unspecified atom stereocenters. The van der Waals surface area contributed by atoms with Gasteiger partial charge in [0.15, 0.2) is 0 Å². The lowest BCUT2D eigenvalue weighted by Gasteiger charge is -2.10. The Morgan fingerprint density at radius 3 is 2.67 bits per heavy atom. The van der Waals surface area contributed by atoms with Crippen molar-refractivity contribution in [1.29, 1.82) is 0 Å². The number of hydrogen-bond donors (Lipinski definition) is 1. The van der Waals surface area contributed by atoms with Crippen molar-refractivity contribution in [2.45, 2.75) is 12.8 Å². The van der Waals surface area contributed by atoms with Gasteiger partial charge in [0.05, 0.1) is 0 Å². The zero-order valence-electron chi connectivity index (χ0n) is 7.96. The SMILES string of the molecule is CC(F)(F)C(=O)Nc1cccc(C=O)c1. The lowest BCUT2D eigenvalue weighted by Crippen LogP contribution is -2.31. The lowest BCUT2D eigenvalue weighted by atomic mass is 10.2. The number of halogens is 2. The van der Waals surface area contributed by atoms with Crippen LogP contribution in [0.15, 0.2) is 24.3 Å². The van der Waals surface area contributed by atoms with Gasteiger partial charge in [0, 0.05) is 18.2 Å². The van der Waals surface area contributed by atoms with E-state index in [1.54, 1.807) is 0 Å². The Balaban J connectivity index is 2.81. The highest BCUT2D eigenvalue weighted by Crippen LogP contribution is 2.16. The lowest BCUT2D eigenvalue weighted by molar-refractivity contribution is -0.137. The molecule has 1 aromatic carbocycles. The molecule has 0 heterocycles. The van der Waals surface area contributed by atoms with Crippen molar-refractivity contribution < 1.29 is 18.4 Å². The van der Waals surface area contributed by atoms with E-state index in [0.29, 0.717) is 18.8 Å². The van der Waals surface area contributed by atoms with Crippen molar-refractivity contribution in [2.24, 2.45) is 0 Å². The fourth-order valence-corrected chi connectivity index (χ4v) is 0.931. The molecule has 0 aliphatic heterocycles. The molecule has 0 aliphatic carbocycles. The number of nitrogens with one attached hydrogen (secondary N) is 1. The average molecular weight is 213 g/mol. The number of benzene rings is 1. The number of amides is 1. The van der Waals surface area contributed by atoms with E-state index in [4.69, 9.17) is 0 Å². The third-order valence-electron chi connectivity index (χ3n) is 1.68. The van der Waals surface area contributed by atoms with E-state index in [0.717, 1.165) is 0 Å². The summed E-state index contributed by atoms with van der Waals surface area (Å²) >= 11 is 0. The zero-order chi connectivity index (χ0) is 11.5. The summed E-state index contributed by atoms with van der Waals surface area (Å²) in [5.41, 5.74) is 0.485. The molecule has 0 spiro atoms. The van der Waals surface area contributed by atoms with Crippen LogP contribution in [0.4, 0.5) is 14.5 Å². The van der Waals surface area contributed by atoms with E-state index in [-0.39, 0.29) is 5.69 Å². The van der Waals surface area contributed by atoms with Gasteiger partial charge in [0.25, 0.3) is 5.91 Å². The van der Waals surface area contributed by atoms with Gasteiger partial charge in [0.1, 0.15) is 6.29 Å². The molecule has 5 heteroatoms. The molecule has 0 saturated carbocycles. The molecule has 0 saturated heterocycles. The fourth-order valence-electron chi connectivity index (χ4n) is 0.931. The van der Waals surface area contributed by atoms with Crippen molar-refractivity contribution in [1.82, 2.24) is 0 Å². The Labute approximate surface area is 85.1 Å². The molecule has 0 bridgehead atoms. The second-order valence-corrected chi connectivity index (χ2v) is 3.09. The summed E-state index contributed by atoms with van der Waals surface area (Å²) in [6.07, 6.45) is 0.569. The first-order valence-corrected chi connectivity index (χ1v) is 4.18. The predicted molar refractivity (Wildman–Crippen MR) is 51.1 cm³/mol. The van der Waals surface area contributed by atoms with Crippen LogP contribution >= 0.6 is 0 Å². The standard InChI is InChI=1S/C10H9F2NO2/c1-10(11,12)9(15)13-8-4-2-3-7(5-8)6-14/h2-6H,1H3,(H,13,15). The van der Waals surface area contributed by atoms with Crippen LogP contribution in [0.5, 0.6) is 0 Å². The van der Waals surface area contributed by atoms with Crippen molar-refractivity contribution in [3.63, 3.8) is 0 Å². The normalized spacial score (nSPS) is 10.9.